The minimum absolute atomic E-state index is 0.166. The SMILES string of the molecule is Nc1cc(F)c(F)c(S(=O)(=O)Nc2c(Br)cccc2Br)c1. The van der Waals surface area contributed by atoms with E-state index in [4.69, 9.17) is 5.73 Å². The lowest BCUT2D eigenvalue weighted by molar-refractivity contribution is 0.486. The van der Waals surface area contributed by atoms with E-state index in [2.05, 4.69) is 36.6 Å². The van der Waals surface area contributed by atoms with Crippen molar-refractivity contribution in [2.24, 2.45) is 0 Å². The van der Waals surface area contributed by atoms with E-state index in [0.29, 0.717) is 15.0 Å². The molecular formula is C12H8Br2F2N2O2S. The van der Waals surface area contributed by atoms with Crippen LogP contribution >= 0.6 is 31.9 Å². The van der Waals surface area contributed by atoms with Gasteiger partial charge >= 0.3 is 0 Å². The Balaban J connectivity index is 2.54. The molecule has 0 aliphatic carbocycles. The second-order valence-corrected chi connectivity index (χ2v) is 7.38. The maximum absolute atomic E-state index is 13.7. The van der Waals surface area contributed by atoms with Crippen molar-refractivity contribution in [1.82, 2.24) is 0 Å². The number of benzene rings is 2. The Morgan fingerprint density at radius 2 is 1.67 bits per heavy atom. The van der Waals surface area contributed by atoms with Crippen molar-refractivity contribution in [2.45, 2.75) is 4.90 Å². The molecule has 4 nitrogen and oxygen atoms in total. The predicted octanol–water partition coefficient (Wildman–Crippen LogP) is 3.87. The highest BCUT2D eigenvalue weighted by atomic mass is 79.9. The van der Waals surface area contributed by atoms with Crippen molar-refractivity contribution in [3.8, 4) is 0 Å². The van der Waals surface area contributed by atoms with Gasteiger partial charge in [-0.2, -0.15) is 0 Å². The second kappa shape index (κ2) is 5.90. The fourth-order valence-corrected chi connectivity index (χ4v) is 4.25. The zero-order valence-corrected chi connectivity index (χ0v) is 14.2. The summed E-state index contributed by atoms with van der Waals surface area (Å²) in [6, 6.07) is 6.43. The molecule has 0 bridgehead atoms. The topological polar surface area (TPSA) is 72.2 Å². The highest BCUT2D eigenvalue weighted by Crippen LogP contribution is 2.33. The number of para-hydroxylation sites is 1. The Kier molecular flexibility index (Phi) is 4.54. The molecule has 21 heavy (non-hydrogen) atoms. The Morgan fingerprint density at radius 3 is 2.24 bits per heavy atom. The van der Waals surface area contributed by atoms with Crippen LogP contribution in [0.4, 0.5) is 20.2 Å². The number of halogens is 4. The maximum atomic E-state index is 13.7. The molecule has 0 aromatic heterocycles. The molecule has 0 heterocycles. The number of hydrogen-bond donors (Lipinski definition) is 2. The fourth-order valence-electron chi connectivity index (χ4n) is 1.56. The summed E-state index contributed by atoms with van der Waals surface area (Å²) in [6.07, 6.45) is 0. The van der Waals surface area contributed by atoms with Gasteiger partial charge in [0.05, 0.1) is 5.69 Å². The molecule has 0 atom stereocenters. The summed E-state index contributed by atoms with van der Waals surface area (Å²) >= 11 is 6.34. The van der Waals surface area contributed by atoms with Crippen LogP contribution in [0.1, 0.15) is 0 Å². The molecule has 0 spiro atoms. The molecule has 3 N–H and O–H groups in total. The molecule has 0 aliphatic heterocycles. The monoisotopic (exact) mass is 440 g/mol. The largest absolute Gasteiger partial charge is 0.399 e. The van der Waals surface area contributed by atoms with Crippen molar-refractivity contribution >= 4 is 53.3 Å². The molecule has 0 saturated carbocycles. The molecule has 112 valence electrons. The summed E-state index contributed by atoms with van der Waals surface area (Å²) in [5.41, 5.74) is 5.33. The van der Waals surface area contributed by atoms with E-state index in [-0.39, 0.29) is 11.4 Å². The van der Waals surface area contributed by atoms with Crippen LogP contribution in [0.25, 0.3) is 0 Å². The first-order valence-electron chi connectivity index (χ1n) is 5.43. The van der Waals surface area contributed by atoms with Crippen LogP contribution in [-0.4, -0.2) is 8.42 Å². The minimum Gasteiger partial charge on any atom is -0.399 e. The van der Waals surface area contributed by atoms with E-state index in [9.17, 15) is 17.2 Å². The van der Waals surface area contributed by atoms with Crippen LogP contribution in [0.2, 0.25) is 0 Å². The van der Waals surface area contributed by atoms with E-state index in [1.54, 1.807) is 18.2 Å². The second-order valence-electron chi connectivity index (χ2n) is 4.02. The first-order valence-corrected chi connectivity index (χ1v) is 8.50. The first kappa shape index (κ1) is 16.2. The van der Waals surface area contributed by atoms with Gasteiger partial charge in [0, 0.05) is 14.6 Å². The van der Waals surface area contributed by atoms with E-state index >= 15 is 0 Å². The van der Waals surface area contributed by atoms with Crippen LogP contribution in [0, 0.1) is 11.6 Å². The third-order valence-electron chi connectivity index (χ3n) is 2.51. The molecule has 0 amide bonds. The molecule has 9 heteroatoms. The number of nitrogens with two attached hydrogens (primary N) is 1. The quantitative estimate of drug-likeness (QED) is 0.710. The van der Waals surface area contributed by atoms with Crippen molar-refractivity contribution in [3.63, 3.8) is 0 Å². The predicted molar refractivity (Wildman–Crippen MR) is 83.4 cm³/mol. The third-order valence-corrected chi connectivity index (χ3v) is 5.18. The summed E-state index contributed by atoms with van der Waals surface area (Å²) in [4.78, 5) is -0.859. The summed E-state index contributed by atoms with van der Waals surface area (Å²) in [5, 5.41) is 0. The van der Waals surface area contributed by atoms with Gasteiger partial charge in [0.15, 0.2) is 11.6 Å². The summed E-state index contributed by atoms with van der Waals surface area (Å²) in [6.45, 7) is 0. The van der Waals surface area contributed by atoms with Crippen molar-refractivity contribution in [3.05, 3.63) is 50.9 Å². The minimum atomic E-state index is -4.34. The molecule has 0 radical (unpaired) electrons. The van der Waals surface area contributed by atoms with Crippen LogP contribution in [-0.2, 0) is 10.0 Å². The molecule has 2 rings (SSSR count). The number of anilines is 2. The Labute approximate surface area is 136 Å². The lowest BCUT2D eigenvalue weighted by atomic mass is 10.3. The maximum Gasteiger partial charge on any atom is 0.265 e. The molecule has 0 aliphatic rings. The van der Waals surface area contributed by atoms with Crippen molar-refractivity contribution in [1.29, 1.82) is 0 Å². The number of nitrogen functional groups attached to an aromatic ring is 1. The zero-order valence-electron chi connectivity index (χ0n) is 10.2. The first-order chi connectivity index (χ1) is 9.72. The normalized spacial score (nSPS) is 11.4. The number of nitrogens with one attached hydrogen (secondary N) is 1. The zero-order chi connectivity index (χ0) is 15.8. The lowest BCUT2D eigenvalue weighted by Crippen LogP contribution is -2.16. The van der Waals surface area contributed by atoms with Gasteiger partial charge in [0.25, 0.3) is 10.0 Å². The van der Waals surface area contributed by atoms with E-state index in [0.717, 1.165) is 6.07 Å². The van der Waals surface area contributed by atoms with Crippen molar-refractivity contribution < 1.29 is 17.2 Å². The molecule has 0 unspecified atom stereocenters. The average Bonchev–Trinajstić information content (AvgIpc) is 2.38. The fraction of sp³-hybridized carbons (Fsp3) is 0. The van der Waals surface area contributed by atoms with Crippen LogP contribution < -0.4 is 10.5 Å². The van der Waals surface area contributed by atoms with Gasteiger partial charge in [-0.3, -0.25) is 4.72 Å². The van der Waals surface area contributed by atoms with Gasteiger partial charge in [0.2, 0.25) is 0 Å². The van der Waals surface area contributed by atoms with Gasteiger partial charge in [-0.25, -0.2) is 17.2 Å². The number of hydrogen-bond acceptors (Lipinski definition) is 3. The van der Waals surface area contributed by atoms with Crippen LogP contribution in [0.15, 0.2) is 44.2 Å². The molecular weight excluding hydrogens is 434 g/mol. The Bertz CT molecular complexity index is 793. The number of rotatable bonds is 3. The van der Waals surface area contributed by atoms with E-state index in [1.807, 2.05) is 0 Å². The standard InChI is InChI=1S/C12H8Br2F2N2O2S/c13-7-2-1-3-8(14)12(7)18-21(19,20)10-5-6(17)4-9(15)11(10)16/h1-5,18H,17H2. The van der Waals surface area contributed by atoms with Crippen LogP contribution in [0.3, 0.4) is 0 Å². The van der Waals surface area contributed by atoms with Crippen molar-refractivity contribution in [2.75, 3.05) is 10.5 Å². The summed E-state index contributed by atoms with van der Waals surface area (Å²) < 4.78 is 54.5. The van der Waals surface area contributed by atoms with E-state index in [1.165, 1.54) is 0 Å². The molecule has 0 saturated heterocycles. The Hall–Kier alpha value is -1.19. The van der Waals surface area contributed by atoms with Gasteiger partial charge in [-0.15, -0.1) is 0 Å². The van der Waals surface area contributed by atoms with Gasteiger partial charge < -0.3 is 5.73 Å². The highest BCUT2D eigenvalue weighted by Gasteiger charge is 2.24. The van der Waals surface area contributed by atoms with E-state index < -0.39 is 26.6 Å². The van der Waals surface area contributed by atoms with Crippen LogP contribution in [0.5, 0.6) is 0 Å². The summed E-state index contributed by atoms with van der Waals surface area (Å²) in [7, 11) is -4.34. The lowest BCUT2D eigenvalue weighted by Gasteiger charge is -2.12. The van der Waals surface area contributed by atoms with Gasteiger partial charge in [-0.05, 0) is 56.1 Å². The van der Waals surface area contributed by atoms with Gasteiger partial charge in [-0.1, -0.05) is 6.07 Å². The molecule has 2 aromatic rings. The average molecular weight is 442 g/mol. The highest BCUT2D eigenvalue weighted by molar-refractivity contribution is 9.11. The smallest absolute Gasteiger partial charge is 0.265 e. The summed E-state index contributed by atoms with van der Waals surface area (Å²) in [5.74, 6) is -2.82. The number of sulfonamides is 1. The molecule has 2 aromatic carbocycles. The molecule has 0 fully saturated rings. The van der Waals surface area contributed by atoms with Gasteiger partial charge in [0.1, 0.15) is 4.90 Å². The Morgan fingerprint density at radius 1 is 1.10 bits per heavy atom. The third kappa shape index (κ3) is 3.35.